The topological polar surface area (TPSA) is 71.1 Å². The van der Waals surface area contributed by atoms with Crippen LogP contribution in [0.2, 0.25) is 0 Å². The Bertz CT molecular complexity index is 1150. The van der Waals surface area contributed by atoms with Gasteiger partial charge in [-0.25, -0.2) is 9.59 Å². The molecule has 34 heavy (non-hydrogen) atoms. The lowest BCUT2D eigenvalue weighted by atomic mass is 9.82. The van der Waals surface area contributed by atoms with Crippen LogP contribution in [-0.2, 0) is 19.1 Å². The van der Waals surface area contributed by atoms with Crippen molar-refractivity contribution in [1.29, 1.82) is 0 Å². The molecule has 1 fully saturated rings. The number of carbonyl (C=O) groups excluding carboxylic acids is 2. The van der Waals surface area contributed by atoms with Crippen molar-refractivity contribution < 1.29 is 28.5 Å². The lowest BCUT2D eigenvalue weighted by Gasteiger charge is -2.28. The van der Waals surface area contributed by atoms with E-state index in [2.05, 4.69) is 20.1 Å². The van der Waals surface area contributed by atoms with E-state index in [1.807, 2.05) is 24.3 Å². The molecule has 2 aromatic carbocycles. The fourth-order valence-corrected chi connectivity index (χ4v) is 5.19. The third-order valence-corrected chi connectivity index (χ3v) is 6.68. The highest BCUT2D eigenvalue weighted by atomic mass is 16.6. The number of carbonyl (C=O) groups is 2. The molecular formula is C28H32O6. The summed E-state index contributed by atoms with van der Waals surface area (Å²) < 4.78 is 23.0. The summed E-state index contributed by atoms with van der Waals surface area (Å²) in [6.07, 6.45) is 2.20. The summed E-state index contributed by atoms with van der Waals surface area (Å²) in [4.78, 5) is 23.4. The molecule has 2 bridgehead atoms. The second-order valence-electron chi connectivity index (χ2n) is 9.31. The maximum Gasteiger partial charge on any atom is 0.333 e. The van der Waals surface area contributed by atoms with Gasteiger partial charge in [0.2, 0.25) is 0 Å². The van der Waals surface area contributed by atoms with Gasteiger partial charge in [0, 0.05) is 33.0 Å². The molecule has 2 aliphatic carbocycles. The van der Waals surface area contributed by atoms with Crippen molar-refractivity contribution in [2.75, 3.05) is 26.4 Å². The van der Waals surface area contributed by atoms with Crippen LogP contribution in [0.25, 0.3) is 10.8 Å². The van der Waals surface area contributed by atoms with Crippen molar-refractivity contribution in [3.63, 3.8) is 0 Å². The molecule has 180 valence electrons. The van der Waals surface area contributed by atoms with Gasteiger partial charge in [-0.3, -0.25) is 0 Å². The van der Waals surface area contributed by atoms with E-state index in [1.165, 1.54) is 11.1 Å². The first-order valence-corrected chi connectivity index (χ1v) is 11.8. The molecule has 3 atom stereocenters. The third kappa shape index (κ3) is 4.54. The lowest BCUT2D eigenvalue weighted by molar-refractivity contribution is -0.140. The minimum Gasteiger partial charge on any atom is -0.489 e. The SMILES string of the molecule is C=C(C)C(=O)OCCOc1c2c(c(OCCOC(=O)C(=C)C)c3ccccc13)C1CC2CC1C. The molecular weight excluding hydrogens is 432 g/mol. The van der Waals surface area contributed by atoms with E-state index in [-0.39, 0.29) is 26.4 Å². The van der Waals surface area contributed by atoms with E-state index < -0.39 is 11.9 Å². The molecule has 0 spiro atoms. The number of fused-ring (bicyclic) bond motifs is 6. The summed E-state index contributed by atoms with van der Waals surface area (Å²) >= 11 is 0. The summed E-state index contributed by atoms with van der Waals surface area (Å²) in [6.45, 7) is 13.6. The van der Waals surface area contributed by atoms with Crippen molar-refractivity contribution in [1.82, 2.24) is 0 Å². The zero-order chi connectivity index (χ0) is 24.4. The molecule has 1 saturated carbocycles. The summed E-state index contributed by atoms with van der Waals surface area (Å²) in [6, 6.07) is 8.04. The van der Waals surface area contributed by atoms with Crippen molar-refractivity contribution >= 4 is 22.7 Å². The summed E-state index contributed by atoms with van der Waals surface area (Å²) in [5.74, 6) is 2.27. The lowest BCUT2D eigenvalue weighted by Crippen LogP contribution is -2.17. The molecule has 6 nitrogen and oxygen atoms in total. The maximum atomic E-state index is 11.7. The molecule has 0 heterocycles. The number of hydrogen-bond donors (Lipinski definition) is 0. The minimum absolute atomic E-state index is 0.158. The predicted octanol–water partition coefficient (Wildman–Crippen LogP) is 5.45. The molecule has 3 unspecified atom stereocenters. The van der Waals surface area contributed by atoms with Gasteiger partial charge in [-0.05, 0) is 44.4 Å². The average Bonchev–Trinajstić information content (AvgIpc) is 3.37. The molecule has 2 aromatic rings. The predicted molar refractivity (Wildman–Crippen MR) is 130 cm³/mol. The van der Waals surface area contributed by atoms with Crippen LogP contribution in [0.1, 0.15) is 56.6 Å². The van der Waals surface area contributed by atoms with Crippen LogP contribution >= 0.6 is 0 Å². The summed E-state index contributed by atoms with van der Waals surface area (Å²) in [7, 11) is 0. The Kier molecular flexibility index (Phi) is 6.96. The van der Waals surface area contributed by atoms with Crippen LogP contribution < -0.4 is 9.47 Å². The first-order chi connectivity index (χ1) is 16.3. The molecule has 6 heteroatoms. The van der Waals surface area contributed by atoms with E-state index in [4.69, 9.17) is 18.9 Å². The van der Waals surface area contributed by atoms with Crippen molar-refractivity contribution in [2.45, 2.75) is 45.4 Å². The van der Waals surface area contributed by atoms with Crippen LogP contribution in [0, 0.1) is 5.92 Å². The van der Waals surface area contributed by atoms with Gasteiger partial charge in [0.05, 0.1) is 0 Å². The molecule has 0 aliphatic heterocycles. The van der Waals surface area contributed by atoms with Crippen LogP contribution in [0.4, 0.5) is 0 Å². The van der Waals surface area contributed by atoms with E-state index >= 15 is 0 Å². The third-order valence-electron chi connectivity index (χ3n) is 6.68. The van der Waals surface area contributed by atoms with Gasteiger partial charge in [0.1, 0.15) is 37.9 Å². The molecule has 4 rings (SSSR count). The summed E-state index contributed by atoms with van der Waals surface area (Å²) in [5.41, 5.74) is 3.16. The van der Waals surface area contributed by atoms with Gasteiger partial charge < -0.3 is 18.9 Å². The van der Waals surface area contributed by atoms with E-state index in [0.29, 0.717) is 28.9 Å². The van der Waals surface area contributed by atoms with E-state index in [1.54, 1.807) is 13.8 Å². The largest absolute Gasteiger partial charge is 0.489 e. The Hall–Kier alpha value is -3.28. The van der Waals surface area contributed by atoms with Crippen LogP contribution in [0.3, 0.4) is 0 Å². The van der Waals surface area contributed by atoms with Gasteiger partial charge in [0.25, 0.3) is 0 Å². The van der Waals surface area contributed by atoms with Gasteiger partial charge in [0.15, 0.2) is 0 Å². The Labute approximate surface area is 200 Å². The fourth-order valence-electron chi connectivity index (χ4n) is 5.19. The molecule has 0 saturated heterocycles. The van der Waals surface area contributed by atoms with Crippen LogP contribution in [-0.4, -0.2) is 38.4 Å². The first-order valence-electron chi connectivity index (χ1n) is 11.8. The van der Waals surface area contributed by atoms with Gasteiger partial charge in [-0.1, -0.05) is 44.3 Å². The van der Waals surface area contributed by atoms with Crippen molar-refractivity contribution in [3.05, 3.63) is 59.7 Å². The Morgan fingerprint density at radius 1 is 0.824 bits per heavy atom. The van der Waals surface area contributed by atoms with Crippen LogP contribution in [0.15, 0.2) is 48.6 Å². The highest BCUT2D eigenvalue weighted by Crippen LogP contribution is 2.63. The molecule has 0 radical (unpaired) electrons. The zero-order valence-corrected chi connectivity index (χ0v) is 20.1. The monoisotopic (exact) mass is 464 g/mol. The van der Waals surface area contributed by atoms with E-state index in [9.17, 15) is 9.59 Å². The summed E-state index contributed by atoms with van der Waals surface area (Å²) in [5, 5.41) is 1.95. The van der Waals surface area contributed by atoms with E-state index in [0.717, 1.165) is 35.1 Å². The smallest absolute Gasteiger partial charge is 0.333 e. The molecule has 0 aromatic heterocycles. The normalized spacial score (nSPS) is 20.0. The quantitative estimate of drug-likeness (QED) is 0.265. The van der Waals surface area contributed by atoms with Gasteiger partial charge >= 0.3 is 11.9 Å². The number of ether oxygens (including phenoxy) is 4. The fraction of sp³-hybridized carbons (Fsp3) is 0.429. The first kappa shape index (κ1) is 23.9. The zero-order valence-electron chi connectivity index (χ0n) is 20.1. The van der Waals surface area contributed by atoms with Crippen LogP contribution in [0.5, 0.6) is 11.5 Å². The molecule has 0 amide bonds. The number of hydrogen-bond acceptors (Lipinski definition) is 6. The second kappa shape index (κ2) is 9.92. The Balaban J connectivity index is 1.63. The van der Waals surface area contributed by atoms with Crippen molar-refractivity contribution in [2.24, 2.45) is 5.92 Å². The highest BCUT2D eigenvalue weighted by molar-refractivity contribution is 5.97. The Morgan fingerprint density at radius 2 is 1.32 bits per heavy atom. The standard InChI is InChI=1S/C28H32O6/c1-16(2)27(29)33-12-10-31-25-20-8-6-7-9-21(20)26(32-11-13-34-28(30)17(3)4)24-22-15-19(23(24)25)14-18(22)5/h6-9,18-19,22H,1,3,10-15H2,2,4-5H3. The average molecular weight is 465 g/mol. The molecule has 0 N–H and O–H groups in total. The van der Waals surface area contributed by atoms with Crippen molar-refractivity contribution in [3.8, 4) is 11.5 Å². The van der Waals surface area contributed by atoms with Gasteiger partial charge in [-0.2, -0.15) is 0 Å². The Morgan fingerprint density at radius 3 is 1.82 bits per heavy atom. The maximum absolute atomic E-state index is 11.7. The minimum atomic E-state index is -0.414. The number of esters is 2. The molecule has 2 aliphatic rings. The number of benzene rings is 2. The second-order valence-corrected chi connectivity index (χ2v) is 9.31. The number of rotatable bonds is 10. The van der Waals surface area contributed by atoms with Gasteiger partial charge in [-0.15, -0.1) is 0 Å². The highest BCUT2D eigenvalue weighted by Gasteiger charge is 2.46.